The number of hydrogen-bond donors (Lipinski definition) is 2. The van der Waals surface area contributed by atoms with E-state index in [1.54, 1.807) is 12.1 Å². The van der Waals surface area contributed by atoms with Crippen molar-refractivity contribution in [2.24, 2.45) is 0 Å². The Labute approximate surface area is 112 Å². The van der Waals surface area contributed by atoms with Crippen LogP contribution in [0.5, 0.6) is 0 Å². The molecular formula is C10H9BrN4O2S. The van der Waals surface area contributed by atoms with Crippen molar-refractivity contribution in [1.82, 2.24) is 9.97 Å². The molecule has 8 heteroatoms. The Kier molecular flexibility index (Phi) is 3.48. The first-order chi connectivity index (χ1) is 8.49. The minimum absolute atomic E-state index is 0.0653. The normalized spacial score (nSPS) is 11.2. The molecule has 2 rings (SSSR count). The molecule has 0 unspecified atom stereocenters. The van der Waals surface area contributed by atoms with E-state index < -0.39 is 10.0 Å². The lowest BCUT2D eigenvalue weighted by Gasteiger charge is -2.08. The van der Waals surface area contributed by atoms with E-state index >= 15 is 0 Å². The maximum Gasteiger partial charge on any atom is 0.264 e. The number of nitrogen functional groups attached to an aromatic ring is 1. The second kappa shape index (κ2) is 4.91. The Morgan fingerprint density at radius 2 is 2.11 bits per heavy atom. The van der Waals surface area contributed by atoms with Gasteiger partial charge in [0, 0.05) is 12.4 Å². The second-order valence-corrected chi connectivity index (χ2v) is 5.93. The molecular weight excluding hydrogens is 320 g/mol. The molecule has 2 aromatic rings. The first-order valence-electron chi connectivity index (χ1n) is 4.83. The van der Waals surface area contributed by atoms with Crippen molar-refractivity contribution in [3.8, 4) is 0 Å². The molecule has 2 heterocycles. The van der Waals surface area contributed by atoms with Crippen molar-refractivity contribution in [1.29, 1.82) is 0 Å². The number of nitrogens with one attached hydrogen (secondary N) is 1. The number of pyridine rings is 2. The van der Waals surface area contributed by atoms with Gasteiger partial charge in [0.2, 0.25) is 0 Å². The van der Waals surface area contributed by atoms with Crippen LogP contribution in [0.4, 0.5) is 11.5 Å². The third-order valence-corrected chi connectivity index (χ3v) is 3.97. The van der Waals surface area contributed by atoms with E-state index in [0.717, 1.165) is 0 Å². The highest BCUT2D eigenvalue weighted by Gasteiger charge is 2.16. The number of sulfonamides is 1. The van der Waals surface area contributed by atoms with Gasteiger partial charge in [0.15, 0.2) is 5.82 Å². The molecule has 0 aliphatic carbocycles. The summed E-state index contributed by atoms with van der Waals surface area (Å²) in [7, 11) is -3.69. The van der Waals surface area contributed by atoms with Gasteiger partial charge >= 0.3 is 0 Å². The zero-order valence-electron chi connectivity index (χ0n) is 9.04. The van der Waals surface area contributed by atoms with Crippen LogP contribution in [0.2, 0.25) is 0 Å². The summed E-state index contributed by atoms with van der Waals surface area (Å²) in [6.45, 7) is 0. The molecule has 0 fully saturated rings. The topological polar surface area (TPSA) is 98.0 Å². The van der Waals surface area contributed by atoms with Crippen LogP contribution in [-0.2, 0) is 10.0 Å². The van der Waals surface area contributed by atoms with Crippen molar-refractivity contribution in [3.63, 3.8) is 0 Å². The maximum atomic E-state index is 12.0. The molecule has 3 N–H and O–H groups in total. The van der Waals surface area contributed by atoms with Gasteiger partial charge in [-0.15, -0.1) is 0 Å². The fraction of sp³-hybridized carbons (Fsp3) is 0. The van der Waals surface area contributed by atoms with Gasteiger partial charge in [0.25, 0.3) is 10.0 Å². The lowest BCUT2D eigenvalue weighted by molar-refractivity contribution is 0.600. The molecule has 0 radical (unpaired) electrons. The van der Waals surface area contributed by atoms with E-state index in [9.17, 15) is 8.42 Å². The average Bonchev–Trinajstić information content (AvgIpc) is 2.34. The van der Waals surface area contributed by atoms with Crippen molar-refractivity contribution in [2.45, 2.75) is 4.90 Å². The predicted octanol–water partition coefficient (Wildman–Crippen LogP) is 1.62. The molecule has 0 aliphatic heterocycles. The van der Waals surface area contributed by atoms with Crippen LogP contribution >= 0.6 is 15.9 Å². The van der Waals surface area contributed by atoms with Gasteiger partial charge in [-0.3, -0.25) is 9.71 Å². The standard InChI is InChI=1S/C10H9BrN4O2S/c11-9-4-7(12)5-14-10(9)15-18(16,17)8-2-1-3-13-6-8/h1-6H,12H2,(H,14,15). The highest BCUT2D eigenvalue weighted by molar-refractivity contribution is 9.10. The van der Waals surface area contributed by atoms with E-state index in [1.165, 1.54) is 24.7 Å². The number of rotatable bonds is 3. The smallest absolute Gasteiger partial charge is 0.264 e. The van der Waals surface area contributed by atoms with Gasteiger partial charge in [-0.25, -0.2) is 13.4 Å². The Morgan fingerprint density at radius 1 is 1.33 bits per heavy atom. The lowest BCUT2D eigenvalue weighted by atomic mass is 10.4. The lowest BCUT2D eigenvalue weighted by Crippen LogP contribution is -2.14. The average molecular weight is 329 g/mol. The van der Waals surface area contributed by atoms with Crippen LogP contribution in [0.1, 0.15) is 0 Å². The van der Waals surface area contributed by atoms with Crippen LogP contribution in [-0.4, -0.2) is 18.4 Å². The first kappa shape index (κ1) is 12.8. The maximum absolute atomic E-state index is 12.0. The Balaban J connectivity index is 2.34. The van der Waals surface area contributed by atoms with Gasteiger partial charge in [0.05, 0.1) is 16.4 Å². The second-order valence-electron chi connectivity index (χ2n) is 3.39. The van der Waals surface area contributed by atoms with Crippen LogP contribution in [0.3, 0.4) is 0 Å². The third-order valence-electron chi connectivity index (χ3n) is 2.04. The molecule has 0 amide bonds. The van der Waals surface area contributed by atoms with Crippen molar-refractivity contribution in [2.75, 3.05) is 10.5 Å². The molecule has 0 spiro atoms. The molecule has 0 saturated heterocycles. The van der Waals surface area contributed by atoms with Crippen molar-refractivity contribution < 1.29 is 8.42 Å². The fourth-order valence-electron chi connectivity index (χ4n) is 1.22. The molecule has 0 aliphatic rings. The highest BCUT2D eigenvalue weighted by atomic mass is 79.9. The van der Waals surface area contributed by atoms with Crippen LogP contribution in [0.15, 0.2) is 46.2 Å². The van der Waals surface area contributed by atoms with Gasteiger partial charge < -0.3 is 5.73 Å². The molecule has 6 nitrogen and oxygen atoms in total. The van der Waals surface area contributed by atoms with Gasteiger partial charge in [-0.2, -0.15) is 0 Å². The van der Waals surface area contributed by atoms with Crippen LogP contribution in [0, 0.1) is 0 Å². The minimum atomic E-state index is -3.69. The molecule has 94 valence electrons. The first-order valence-corrected chi connectivity index (χ1v) is 7.10. The Morgan fingerprint density at radius 3 is 2.72 bits per heavy atom. The molecule has 2 aromatic heterocycles. The van der Waals surface area contributed by atoms with Crippen LogP contribution < -0.4 is 10.5 Å². The zero-order chi connectivity index (χ0) is 13.2. The van der Waals surface area contributed by atoms with Gasteiger partial charge in [-0.05, 0) is 34.1 Å². The van der Waals surface area contributed by atoms with Gasteiger partial charge in [0.1, 0.15) is 4.90 Å². The number of nitrogens with two attached hydrogens (primary N) is 1. The largest absolute Gasteiger partial charge is 0.397 e. The van der Waals surface area contributed by atoms with E-state index in [0.29, 0.717) is 10.2 Å². The Bertz CT molecular complexity index is 661. The third kappa shape index (κ3) is 2.77. The summed E-state index contributed by atoms with van der Waals surface area (Å²) >= 11 is 3.19. The van der Waals surface area contributed by atoms with E-state index in [-0.39, 0.29) is 10.7 Å². The number of aromatic nitrogens is 2. The number of anilines is 2. The number of halogens is 1. The summed E-state index contributed by atoms with van der Waals surface area (Å²) in [5.41, 5.74) is 5.96. The molecule has 0 atom stereocenters. The quantitative estimate of drug-likeness (QED) is 0.892. The highest BCUT2D eigenvalue weighted by Crippen LogP contribution is 2.24. The van der Waals surface area contributed by atoms with Crippen molar-refractivity contribution in [3.05, 3.63) is 41.3 Å². The summed E-state index contributed by atoms with van der Waals surface area (Å²) in [4.78, 5) is 7.73. The monoisotopic (exact) mass is 328 g/mol. The number of nitrogens with zero attached hydrogens (tertiary/aromatic N) is 2. The summed E-state index contributed by atoms with van der Waals surface area (Å²) in [5, 5.41) is 0. The van der Waals surface area contributed by atoms with Crippen LogP contribution in [0.25, 0.3) is 0 Å². The minimum Gasteiger partial charge on any atom is -0.397 e. The predicted molar refractivity (Wildman–Crippen MR) is 71.4 cm³/mol. The Hall–Kier alpha value is -1.67. The number of hydrogen-bond acceptors (Lipinski definition) is 5. The van der Waals surface area contributed by atoms with E-state index in [1.807, 2.05) is 0 Å². The molecule has 0 saturated carbocycles. The summed E-state index contributed by atoms with van der Waals surface area (Å²) in [6, 6.07) is 4.55. The van der Waals surface area contributed by atoms with Gasteiger partial charge in [-0.1, -0.05) is 0 Å². The fourth-order valence-corrected chi connectivity index (χ4v) is 2.81. The zero-order valence-corrected chi connectivity index (χ0v) is 11.4. The summed E-state index contributed by atoms with van der Waals surface area (Å²) in [5.74, 6) is 0.174. The summed E-state index contributed by atoms with van der Waals surface area (Å²) < 4.78 is 26.8. The SMILES string of the molecule is Nc1cnc(NS(=O)(=O)c2cccnc2)c(Br)c1. The molecule has 0 aromatic carbocycles. The van der Waals surface area contributed by atoms with Crippen molar-refractivity contribution >= 4 is 37.5 Å². The summed E-state index contributed by atoms with van der Waals surface area (Å²) in [6.07, 6.45) is 4.12. The molecule has 0 bridgehead atoms. The van der Waals surface area contributed by atoms with E-state index in [4.69, 9.17) is 5.73 Å². The molecule has 18 heavy (non-hydrogen) atoms. The van der Waals surface area contributed by atoms with E-state index in [2.05, 4.69) is 30.6 Å².